The van der Waals surface area contributed by atoms with Crippen LogP contribution in [0.5, 0.6) is 5.75 Å². The van der Waals surface area contributed by atoms with E-state index in [-0.39, 0.29) is 29.5 Å². The number of rotatable bonds is 1. The van der Waals surface area contributed by atoms with Crippen molar-refractivity contribution in [1.29, 1.82) is 0 Å². The van der Waals surface area contributed by atoms with Crippen LogP contribution in [0.15, 0.2) is 42.5 Å². The lowest BCUT2D eigenvalue weighted by Gasteiger charge is -2.39. The number of carbonyl (C=O) groups excluding carboxylic acids is 2. The molecule has 2 amide bonds. The van der Waals surface area contributed by atoms with E-state index in [2.05, 4.69) is 10.2 Å². The Labute approximate surface area is 175 Å². The number of phenols is 1. The van der Waals surface area contributed by atoms with Crippen molar-refractivity contribution < 1.29 is 14.7 Å². The number of hydrogen-bond donors (Lipinski definition) is 2. The summed E-state index contributed by atoms with van der Waals surface area (Å²) in [5, 5.41) is 13.0. The Bertz CT molecular complexity index is 1070. The van der Waals surface area contributed by atoms with Gasteiger partial charge in [0.15, 0.2) is 0 Å². The predicted molar refractivity (Wildman–Crippen MR) is 112 cm³/mol. The SMILES string of the molecule is O=C([C@H]1C[C@H]2CCCN2[C@]12C(=O)Nc1ccccc12)N1CCc2ccc(O)cc2C1. The van der Waals surface area contributed by atoms with Crippen molar-refractivity contribution in [2.45, 2.75) is 43.8 Å². The highest BCUT2D eigenvalue weighted by Gasteiger charge is 2.65. The number of aromatic hydroxyl groups is 1. The van der Waals surface area contributed by atoms with Crippen molar-refractivity contribution in [2.24, 2.45) is 5.92 Å². The highest BCUT2D eigenvalue weighted by molar-refractivity contribution is 6.09. The minimum Gasteiger partial charge on any atom is -0.508 e. The van der Waals surface area contributed by atoms with Crippen molar-refractivity contribution >= 4 is 17.5 Å². The van der Waals surface area contributed by atoms with Gasteiger partial charge in [-0.05, 0) is 61.6 Å². The molecule has 6 nitrogen and oxygen atoms in total. The van der Waals surface area contributed by atoms with Crippen molar-refractivity contribution in [2.75, 3.05) is 18.4 Å². The van der Waals surface area contributed by atoms with Crippen LogP contribution in [0.1, 0.15) is 36.0 Å². The molecule has 4 aliphatic rings. The van der Waals surface area contributed by atoms with Crippen molar-refractivity contribution in [3.05, 3.63) is 59.2 Å². The number of amides is 2. The molecular formula is C24H25N3O3. The molecular weight excluding hydrogens is 378 g/mol. The molecule has 6 rings (SSSR count). The van der Waals surface area contributed by atoms with Crippen LogP contribution in [0.2, 0.25) is 0 Å². The highest BCUT2D eigenvalue weighted by Crippen LogP contribution is 2.55. The molecule has 2 aromatic rings. The molecule has 4 heterocycles. The summed E-state index contributed by atoms with van der Waals surface area (Å²) in [6.45, 7) is 1.99. The molecule has 30 heavy (non-hydrogen) atoms. The molecule has 2 N–H and O–H groups in total. The van der Waals surface area contributed by atoms with E-state index in [9.17, 15) is 14.7 Å². The van der Waals surface area contributed by atoms with Gasteiger partial charge in [-0.1, -0.05) is 24.3 Å². The van der Waals surface area contributed by atoms with E-state index in [4.69, 9.17) is 0 Å². The first-order valence-corrected chi connectivity index (χ1v) is 10.9. The Kier molecular flexibility index (Phi) is 3.78. The van der Waals surface area contributed by atoms with E-state index < -0.39 is 5.54 Å². The normalized spacial score (nSPS) is 29.6. The van der Waals surface area contributed by atoms with Gasteiger partial charge in [0, 0.05) is 30.4 Å². The van der Waals surface area contributed by atoms with Crippen molar-refractivity contribution in [3.63, 3.8) is 0 Å². The maximum absolute atomic E-state index is 13.9. The summed E-state index contributed by atoms with van der Waals surface area (Å²) < 4.78 is 0. The molecule has 4 aliphatic heterocycles. The summed E-state index contributed by atoms with van der Waals surface area (Å²) in [6, 6.07) is 13.5. The fourth-order valence-electron chi connectivity index (χ4n) is 6.31. The smallest absolute Gasteiger partial charge is 0.250 e. The van der Waals surface area contributed by atoms with E-state index in [0.29, 0.717) is 13.1 Å². The summed E-state index contributed by atoms with van der Waals surface area (Å²) in [4.78, 5) is 31.6. The number of anilines is 1. The second kappa shape index (κ2) is 6.32. The standard InChI is InChI=1S/C24H25N3O3/c28-18-8-7-15-9-11-26(14-16(15)12-18)22(29)20-13-17-4-3-10-27(17)24(20)19-5-1-2-6-21(19)25-23(24)30/h1-2,5-8,12,17,20,28H,3-4,9-11,13-14H2,(H,25,30)/t17-,20-,24+/m1/s1. The van der Waals surface area contributed by atoms with Gasteiger partial charge in [-0.3, -0.25) is 14.5 Å². The van der Waals surface area contributed by atoms with Crippen LogP contribution in [0.4, 0.5) is 5.69 Å². The van der Waals surface area contributed by atoms with Crippen LogP contribution >= 0.6 is 0 Å². The minimum atomic E-state index is -0.895. The van der Waals surface area contributed by atoms with E-state index in [1.807, 2.05) is 35.2 Å². The fourth-order valence-corrected chi connectivity index (χ4v) is 6.31. The van der Waals surface area contributed by atoms with Crippen LogP contribution < -0.4 is 5.32 Å². The average Bonchev–Trinajstić information content (AvgIpc) is 3.41. The van der Waals surface area contributed by atoms with Crippen LogP contribution in [-0.4, -0.2) is 45.9 Å². The molecule has 2 fully saturated rings. The zero-order chi connectivity index (χ0) is 20.5. The summed E-state index contributed by atoms with van der Waals surface area (Å²) in [6.07, 6.45) is 3.61. The van der Waals surface area contributed by atoms with Crippen LogP contribution in [-0.2, 0) is 28.1 Å². The molecule has 6 heteroatoms. The van der Waals surface area contributed by atoms with Gasteiger partial charge < -0.3 is 15.3 Å². The summed E-state index contributed by atoms with van der Waals surface area (Å²) in [5.41, 5.74) is 3.07. The molecule has 0 aromatic heterocycles. The van der Waals surface area contributed by atoms with Crippen LogP contribution in [0.25, 0.3) is 0 Å². The maximum atomic E-state index is 13.9. The van der Waals surface area contributed by atoms with Gasteiger partial charge in [0.2, 0.25) is 11.8 Å². The lowest BCUT2D eigenvalue weighted by Crippen LogP contribution is -2.55. The number of phenolic OH excluding ortho intramolecular Hbond substituents is 1. The van der Waals surface area contributed by atoms with Gasteiger partial charge >= 0.3 is 0 Å². The second-order valence-corrected chi connectivity index (χ2v) is 9.01. The zero-order valence-corrected chi connectivity index (χ0v) is 16.8. The highest BCUT2D eigenvalue weighted by atomic mass is 16.3. The third-order valence-corrected chi connectivity index (χ3v) is 7.59. The first-order valence-electron chi connectivity index (χ1n) is 10.9. The van der Waals surface area contributed by atoms with E-state index in [0.717, 1.165) is 49.0 Å². The largest absolute Gasteiger partial charge is 0.508 e. The molecule has 2 saturated heterocycles. The number of fused-ring (bicyclic) bond motifs is 5. The quantitative estimate of drug-likeness (QED) is 0.768. The fraction of sp³-hybridized carbons (Fsp3) is 0.417. The minimum absolute atomic E-state index is 0.0542. The van der Waals surface area contributed by atoms with Crippen LogP contribution in [0, 0.1) is 5.92 Å². The topological polar surface area (TPSA) is 72.9 Å². The number of nitrogens with one attached hydrogen (secondary N) is 1. The van der Waals surface area contributed by atoms with Gasteiger partial charge in [-0.25, -0.2) is 0 Å². The zero-order valence-electron chi connectivity index (χ0n) is 16.8. The third kappa shape index (κ3) is 2.28. The lowest BCUT2D eigenvalue weighted by atomic mass is 9.77. The number of hydrogen-bond acceptors (Lipinski definition) is 4. The first kappa shape index (κ1) is 18.0. The predicted octanol–water partition coefficient (Wildman–Crippen LogP) is 2.61. The molecule has 154 valence electrons. The van der Waals surface area contributed by atoms with E-state index >= 15 is 0 Å². The first-order chi connectivity index (χ1) is 14.6. The number of benzene rings is 2. The van der Waals surface area contributed by atoms with Gasteiger partial charge in [-0.15, -0.1) is 0 Å². The van der Waals surface area contributed by atoms with Crippen molar-refractivity contribution in [3.8, 4) is 5.75 Å². The molecule has 0 radical (unpaired) electrons. The number of nitrogens with zero attached hydrogens (tertiary/aromatic N) is 2. The number of para-hydroxylation sites is 1. The summed E-state index contributed by atoms with van der Waals surface area (Å²) in [5.74, 6) is -0.151. The molecule has 0 aliphatic carbocycles. The monoisotopic (exact) mass is 403 g/mol. The molecule has 2 aromatic carbocycles. The Morgan fingerprint density at radius 3 is 2.90 bits per heavy atom. The Balaban J connectivity index is 1.40. The second-order valence-electron chi connectivity index (χ2n) is 9.01. The third-order valence-electron chi connectivity index (χ3n) is 7.59. The number of carbonyl (C=O) groups is 2. The van der Waals surface area contributed by atoms with E-state index in [1.54, 1.807) is 12.1 Å². The van der Waals surface area contributed by atoms with Gasteiger partial charge in [0.25, 0.3) is 0 Å². The van der Waals surface area contributed by atoms with E-state index in [1.165, 1.54) is 5.56 Å². The van der Waals surface area contributed by atoms with Crippen LogP contribution in [0.3, 0.4) is 0 Å². The molecule has 0 unspecified atom stereocenters. The van der Waals surface area contributed by atoms with Crippen molar-refractivity contribution in [1.82, 2.24) is 9.80 Å². The molecule has 1 spiro atoms. The molecule has 0 bridgehead atoms. The molecule has 3 atom stereocenters. The summed E-state index contributed by atoms with van der Waals surface area (Å²) >= 11 is 0. The van der Waals surface area contributed by atoms with Gasteiger partial charge in [0.1, 0.15) is 11.3 Å². The molecule has 0 saturated carbocycles. The average molecular weight is 403 g/mol. The Morgan fingerprint density at radius 2 is 2.00 bits per heavy atom. The van der Waals surface area contributed by atoms with Gasteiger partial charge in [0.05, 0.1) is 5.92 Å². The van der Waals surface area contributed by atoms with Gasteiger partial charge in [-0.2, -0.15) is 0 Å². The Hall–Kier alpha value is -2.86. The lowest BCUT2D eigenvalue weighted by molar-refractivity contribution is -0.145. The maximum Gasteiger partial charge on any atom is 0.250 e. The summed E-state index contributed by atoms with van der Waals surface area (Å²) in [7, 11) is 0. The Morgan fingerprint density at radius 1 is 1.13 bits per heavy atom.